The highest BCUT2D eigenvalue weighted by atomic mass is 32.2. The van der Waals surface area contributed by atoms with Gasteiger partial charge in [0.1, 0.15) is 22.9 Å². The molecule has 2 bridgehead atoms. The number of hydrogen-bond acceptors (Lipinski definition) is 7. The summed E-state index contributed by atoms with van der Waals surface area (Å²) in [4.78, 5) is 34.1. The number of fused-ring (bicyclic) bond motifs is 9. The molecule has 4 aromatic rings. The predicted octanol–water partition coefficient (Wildman–Crippen LogP) is 5.04. The second-order valence-electron chi connectivity index (χ2n) is 12.4. The monoisotopic (exact) mass is 607 g/mol. The molecule has 10 nitrogen and oxygen atoms in total. The minimum atomic E-state index is -3.03. The van der Waals surface area contributed by atoms with Crippen molar-refractivity contribution in [2.45, 2.75) is 75.4 Å². The van der Waals surface area contributed by atoms with Gasteiger partial charge in [0, 0.05) is 42.6 Å². The first kappa shape index (κ1) is 28.0. The van der Waals surface area contributed by atoms with E-state index in [9.17, 15) is 17.8 Å². The summed E-state index contributed by atoms with van der Waals surface area (Å²) in [5, 5.41) is 0. The summed E-state index contributed by atoms with van der Waals surface area (Å²) in [6.45, 7) is 2.75. The van der Waals surface area contributed by atoms with Crippen molar-refractivity contribution in [2.75, 3.05) is 7.05 Å². The summed E-state index contributed by atoms with van der Waals surface area (Å²) >= 11 is 0. The van der Waals surface area contributed by atoms with E-state index < -0.39 is 33.9 Å². The summed E-state index contributed by atoms with van der Waals surface area (Å²) in [7, 11) is 0.437. The SMILES string of the molecule is CN1C(=O)c2cccc(OC(F)F)c2[C@H]2C[C@@H]1c1nc3ccc(-c4cnc(C5(NS(=O)C(C)(C)C)CCC5)nc4)nc3n12. The number of carbonyl (C=O) groups is 1. The van der Waals surface area contributed by atoms with Crippen LogP contribution in [-0.2, 0) is 16.5 Å². The van der Waals surface area contributed by atoms with Crippen molar-refractivity contribution in [1.82, 2.24) is 34.1 Å². The fourth-order valence-corrected chi connectivity index (χ4v) is 7.20. The molecule has 0 saturated heterocycles. The van der Waals surface area contributed by atoms with Crippen molar-refractivity contribution in [3.63, 3.8) is 0 Å². The number of imidazole rings is 1. The molecule has 7 rings (SSSR count). The van der Waals surface area contributed by atoms with Gasteiger partial charge < -0.3 is 14.2 Å². The van der Waals surface area contributed by atoms with Gasteiger partial charge in [-0.2, -0.15) is 8.78 Å². The normalized spacial score (nSPS) is 21.4. The Bertz CT molecular complexity index is 1780. The molecule has 0 radical (unpaired) electrons. The van der Waals surface area contributed by atoms with E-state index in [1.54, 1.807) is 36.5 Å². The molecule has 1 aromatic carbocycles. The van der Waals surface area contributed by atoms with Gasteiger partial charge in [-0.3, -0.25) is 4.79 Å². The summed E-state index contributed by atoms with van der Waals surface area (Å²) in [6, 6.07) is 7.53. The van der Waals surface area contributed by atoms with E-state index in [2.05, 4.69) is 14.7 Å². The second kappa shape index (κ2) is 9.84. The summed E-state index contributed by atoms with van der Waals surface area (Å²) < 4.78 is 49.4. The van der Waals surface area contributed by atoms with Crippen molar-refractivity contribution in [2.24, 2.45) is 0 Å². The number of pyridine rings is 1. The number of alkyl halides is 2. The number of nitrogens with one attached hydrogen (secondary N) is 1. The lowest BCUT2D eigenvalue weighted by Gasteiger charge is -2.42. The summed E-state index contributed by atoms with van der Waals surface area (Å²) in [5.74, 6) is 0.957. The van der Waals surface area contributed by atoms with Crippen LogP contribution in [-0.4, -0.2) is 57.9 Å². The van der Waals surface area contributed by atoms with E-state index in [1.807, 2.05) is 37.5 Å². The minimum absolute atomic E-state index is 0.0272. The van der Waals surface area contributed by atoms with Gasteiger partial charge in [0.15, 0.2) is 5.65 Å². The smallest absolute Gasteiger partial charge is 0.387 e. The number of hydrogen-bond donors (Lipinski definition) is 1. The molecule has 1 aliphatic carbocycles. The molecule has 1 N–H and O–H groups in total. The Kier molecular flexibility index (Phi) is 6.40. The average Bonchev–Trinajstić information content (AvgIpc) is 3.47. The molecule has 224 valence electrons. The molecule has 1 saturated carbocycles. The first-order valence-corrected chi connectivity index (χ1v) is 15.4. The highest BCUT2D eigenvalue weighted by Crippen LogP contribution is 2.50. The molecule has 2 aliphatic heterocycles. The lowest BCUT2D eigenvalue weighted by atomic mass is 9.77. The van der Waals surface area contributed by atoms with Gasteiger partial charge in [0.25, 0.3) is 5.91 Å². The molecule has 1 amide bonds. The van der Waals surface area contributed by atoms with Crippen LogP contribution < -0.4 is 9.46 Å². The Hall–Kier alpha value is -3.84. The van der Waals surface area contributed by atoms with Gasteiger partial charge in [-0.1, -0.05) is 6.07 Å². The van der Waals surface area contributed by atoms with Crippen LogP contribution in [0.1, 0.15) is 86.1 Å². The van der Waals surface area contributed by atoms with Gasteiger partial charge in [0.05, 0.1) is 39.0 Å². The highest BCUT2D eigenvalue weighted by Gasteiger charge is 2.46. The fourth-order valence-electron chi connectivity index (χ4n) is 6.24. The number of carbonyl (C=O) groups excluding carboxylic acids is 1. The van der Waals surface area contributed by atoms with Gasteiger partial charge in [-0.25, -0.2) is 28.9 Å². The summed E-state index contributed by atoms with van der Waals surface area (Å²) in [5.41, 5.74) is 2.73. The van der Waals surface area contributed by atoms with E-state index in [-0.39, 0.29) is 17.7 Å². The van der Waals surface area contributed by atoms with Crippen LogP contribution in [0.25, 0.3) is 22.4 Å². The van der Waals surface area contributed by atoms with Gasteiger partial charge in [-0.15, -0.1) is 0 Å². The van der Waals surface area contributed by atoms with E-state index >= 15 is 0 Å². The minimum Gasteiger partial charge on any atom is -0.434 e. The van der Waals surface area contributed by atoms with Crippen LogP contribution in [0.15, 0.2) is 42.7 Å². The topological polar surface area (TPSA) is 115 Å². The van der Waals surface area contributed by atoms with Crippen LogP contribution in [0, 0.1) is 0 Å². The Labute approximate surface area is 249 Å². The Morgan fingerprint density at radius 2 is 1.84 bits per heavy atom. The first-order valence-electron chi connectivity index (χ1n) is 14.2. The van der Waals surface area contributed by atoms with Crippen molar-refractivity contribution >= 4 is 28.1 Å². The molecular weight excluding hydrogens is 576 g/mol. The number of rotatable bonds is 6. The molecule has 3 aromatic heterocycles. The van der Waals surface area contributed by atoms with Crippen molar-refractivity contribution in [3.8, 4) is 17.0 Å². The molecule has 1 unspecified atom stereocenters. The van der Waals surface area contributed by atoms with Crippen LogP contribution in [0.2, 0.25) is 0 Å². The lowest BCUT2D eigenvalue weighted by molar-refractivity contribution is -0.0507. The number of ether oxygens (including phenoxy) is 1. The molecule has 3 atom stereocenters. The standard InChI is InChI=1S/C30H31F2N7O3S/c1-29(2,3)43(41)37-30(11-6-12-30)27-33-14-16(15-34-27)18-9-10-19-24(35-18)39-20-13-21(25(39)36-19)38(4)26(40)17-7-5-8-22(23(17)20)42-28(31)32/h5,7-10,14-15,20-21,28,37H,6,11-13H2,1-4H3/t20-,21-,43?/m1/s1. The zero-order valence-electron chi connectivity index (χ0n) is 24.2. The quantitative estimate of drug-likeness (QED) is 0.327. The molecule has 13 heteroatoms. The number of nitrogens with zero attached hydrogens (tertiary/aromatic N) is 6. The number of aromatic nitrogens is 5. The van der Waals surface area contributed by atoms with Crippen LogP contribution >= 0.6 is 0 Å². The average molecular weight is 608 g/mol. The van der Waals surface area contributed by atoms with Gasteiger partial charge in [0.2, 0.25) is 0 Å². The van der Waals surface area contributed by atoms with E-state index in [4.69, 9.17) is 14.7 Å². The van der Waals surface area contributed by atoms with E-state index in [1.165, 1.54) is 6.07 Å². The predicted molar refractivity (Wildman–Crippen MR) is 156 cm³/mol. The maximum absolute atomic E-state index is 13.4. The first-order chi connectivity index (χ1) is 20.5. The number of amides is 1. The molecule has 5 heterocycles. The van der Waals surface area contributed by atoms with E-state index in [0.29, 0.717) is 51.6 Å². The van der Waals surface area contributed by atoms with E-state index in [0.717, 1.165) is 19.3 Å². The van der Waals surface area contributed by atoms with Crippen LogP contribution in [0.4, 0.5) is 8.78 Å². The zero-order chi connectivity index (χ0) is 30.3. The molecule has 1 fully saturated rings. The second-order valence-corrected chi connectivity index (χ2v) is 14.3. The Morgan fingerprint density at radius 1 is 1.09 bits per heavy atom. The fraction of sp³-hybridized carbons (Fsp3) is 0.433. The third-order valence-electron chi connectivity index (χ3n) is 8.68. The zero-order valence-corrected chi connectivity index (χ0v) is 25.0. The largest absolute Gasteiger partial charge is 0.434 e. The van der Waals surface area contributed by atoms with Gasteiger partial charge >= 0.3 is 6.61 Å². The lowest BCUT2D eigenvalue weighted by Crippen LogP contribution is -2.53. The van der Waals surface area contributed by atoms with Crippen molar-refractivity contribution in [3.05, 3.63) is 65.5 Å². The molecule has 43 heavy (non-hydrogen) atoms. The third kappa shape index (κ3) is 4.43. The summed E-state index contributed by atoms with van der Waals surface area (Å²) in [6.07, 6.45) is 6.52. The Morgan fingerprint density at radius 3 is 2.49 bits per heavy atom. The maximum atomic E-state index is 13.4. The maximum Gasteiger partial charge on any atom is 0.387 e. The third-order valence-corrected chi connectivity index (χ3v) is 10.4. The molecular formula is C30H31F2N7O3S. The van der Waals surface area contributed by atoms with Crippen LogP contribution in [0.5, 0.6) is 5.75 Å². The Balaban J connectivity index is 1.28. The van der Waals surface area contributed by atoms with Gasteiger partial charge in [-0.05, 0) is 64.3 Å². The number of halogens is 2. The van der Waals surface area contributed by atoms with Crippen LogP contribution in [0.3, 0.4) is 0 Å². The highest BCUT2D eigenvalue weighted by molar-refractivity contribution is 7.84. The molecule has 3 aliphatic rings. The van der Waals surface area contributed by atoms with Crippen molar-refractivity contribution < 1.29 is 22.5 Å². The van der Waals surface area contributed by atoms with Crippen molar-refractivity contribution in [1.29, 1.82) is 0 Å². The molecule has 0 spiro atoms. The number of benzene rings is 1.